The number of piperidine rings is 1. The summed E-state index contributed by atoms with van der Waals surface area (Å²) in [4.78, 5) is 23.4. The number of hydrogen-bond donors (Lipinski definition) is 1. The molecule has 3 aliphatic rings. The second-order valence-corrected chi connectivity index (χ2v) is 11.3. The molecule has 1 aromatic heterocycles. The number of Topliss-reactive ketones (excluding diaryl/α,β-unsaturated/α-hetero) is 1. The zero-order valence-corrected chi connectivity index (χ0v) is 21.8. The first kappa shape index (κ1) is 23.4. The van der Waals surface area contributed by atoms with Crippen LogP contribution in [0.15, 0.2) is 30.5 Å². The zero-order chi connectivity index (χ0) is 22.8. The summed E-state index contributed by atoms with van der Waals surface area (Å²) in [6.07, 6.45) is 10.6. The van der Waals surface area contributed by atoms with E-state index in [0.29, 0.717) is 17.9 Å². The number of nitrogens with one attached hydrogen (secondary N) is 1. The van der Waals surface area contributed by atoms with Gasteiger partial charge in [-0.15, -0.1) is 0 Å². The highest BCUT2D eigenvalue weighted by atomic mass is 31.0. The summed E-state index contributed by atoms with van der Waals surface area (Å²) < 4.78 is 4.64. The molecule has 0 bridgehead atoms. The molecule has 1 N–H and O–H groups in total. The Hall–Kier alpha value is -1.32. The number of rotatable bonds is 7. The highest BCUT2D eigenvalue weighted by molar-refractivity contribution is 7.13. The van der Waals surface area contributed by atoms with Crippen molar-refractivity contribution in [2.24, 2.45) is 5.92 Å². The van der Waals surface area contributed by atoms with Crippen molar-refractivity contribution in [1.29, 1.82) is 0 Å². The predicted octanol–water partition coefficient (Wildman–Crippen LogP) is 4.82. The van der Waals surface area contributed by atoms with Gasteiger partial charge in [-0.3, -0.25) is 14.1 Å². The van der Waals surface area contributed by atoms with Gasteiger partial charge in [-0.05, 0) is 62.6 Å². The molecule has 0 aliphatic carbocycles. The van der Waals surface area contributed by atoms with E-state index in [0.717, 1.165) is 69.8 Å². The summed E-state index contributed by atoms with van der Waals surface area (Å²) in [6, 6.07) is 9.76. The van der Waals surface area contributed by atoms with Crippen LogP contribution in [0.1, 0.15) is 63.2 Å². The highest BCUT2D eigenvalue weighted by Gasteiger charge is 2.28. The minimum Gasteiger partial charge on any atom is -0.371 e. The fourth-order valence-electron chi connectivity index (χ4n) is 5.73. The van der Waals surface area contributed by atoms with E-state index in [1.165, 1.54) is 30.5 Å². The van der Waals surface area contributed by atoms with Crippen LogP contribution in [0.3, 0.4) is 0 Å². The number of imidazole rings is 1. The van der Waals surface area contributed by atoms with E-state index in [-0.39, 0.29) is 5.92 Å². The van der Waals surface area contributed by atoms with Gasteiger partial charge in [-0.25, -0.2) is 4.98 Å². The third kappa shape index (κ3) is 5.35. The standard InChI is InChI=1S/C25H37N5OP2/c31-24(10-9-21-3-1-13-29(21)32)19-11-15-28(16-12-19)20-7-5-18(6-8-20)22-17-26-25(27-22)23-4-2-14-30(23)33/h5-8,17,19,21,23H,1-4,9-16,32-33H2,(H,26,27)/t21-,23-/m0/s1. The molecule has 1 aromatic carbocycles. The molecule has 5 rings (SSSR count). The lowest BCUT2D eigenvalue weighted by Gasteiger charge is -2.33. The molecular formula is C25H37N5OP2. The number of carbonyl (C=O) groups is 1. The number of aromatic nitrogens is 2. The van der Waals surface area contributed by atoms with Crippen LogP contribution < -0.4 is 4.90 Å². The molecule has 2 unspecified atom stereocenters. The molecule has 6 nitrogen and oxygen atoms in total. The fraction of sp³-hybridized carbons (Fsp3) is 0.600. The van der Waals surface area contributed by atoms with Crippen LogP contribution in [0.5, 0.6) is 0 Å². The van der Waals surface area contributed by atoms with Crippen molar-refractivity contribution in [2.45, 2.75) is 63.5 Å². The van der Waals surface area contributed by atoms with E-state index in [1.54, 1.807) is 0 Å². The molecule has 4 heterocycles. The molecule has 3 aliphatic heterocycles. The summed E-state index contributed by atoms with van der Waals surface area (Å²) in [6.45, 7) is 4.20. The topological polar surface area (TPSA) is 55.5 Å². The van der Waals surface area contributed by atoms with Crippen LogP contribution in [0.25, 0.3) is 11.3 Å². The molecular weight excluding hydrogens is 448 g/mol. The lowest BCUT2D eigenvalue weighted by atomic mass is 9.89. The zero-order valence-electron chi connectivity index (χ0n) is 19.5. The molecule has 8 heteroatoms. The minimum absolute atomic E-state index is 0.246. The van der Waals surface area contributed by atoms with E-state index >= 15 is 0 Å². The fourth-order valence-corrected chi connectivity index (χ4v) is 6.68. The Labute approximate surface area is 202 Å². The molecule has 3 saturated heterocycles. The largest absolute Gasteiger partial charge is 0.371 e. The average Bonchev–Trinajstić information content (AvgIpc) is 3.59. The average molecular weight is 486 g/mol. The smallest absolute Gasteiger partial charge is 0.136 e. The monoisotopic (exact) mass is 485 g/mol. The first-order chi connectivity index (χ1) is 16.1. The van der Waals surface area contributed by atoms with Gasteiger partial charge in [0.1, 0.15) is 11.6 Å². The molecule has 0 spiro atoms. The van der Waals surface area contributed by atoms with Crippen LogP contribution in [0.4, 0.5) is 5.69 Å². The summed E-state index contributed by atoms with van der Waals surface area (Å²) in [7, 11) is 5.67. The third-order valence-corrected chi connectivity index (χ3v) is 9.14. The van der Waals surface area contributed by atoms with Gasteiger partial charge in [0.15, 0.2) is 0 Å². The van der Waals surface area contributed by atoms with Crippen molar-refractivity contribution in [2.75, 3.05) is 31.1 Å². The van der Waals surface area contributed by atoms with E-state index in [9.17, 15) is 4.79 Å². The van der Waals surface area contributed by atoms with Gasteiger partial charge in [-0.1, -0.05) is 30.9 Å². The number of aromatic amines is 1. The second-order valence-electron chi connectivity index (χ2n) is 9.93. The second kappa shape index (κ2) is 10.5. The van der Waals surface area contributed by atoms with Crippen molar-refractivity contribution in [3.63, 3.8) is 0 Å². The van der Waals surface area contributed by atoms with Gasteiger partial charge in [0.25, 0.3) is 0 Å². The van der Waals surface area contributed by atoms with E-state index in [1.807, 2.05) is 6.20 Å². The van der Waals surface area contributed by atoms with E-state index < -0.39 is 0 Å². The lowest BCUT2D eigenvalue weighted by Crippen LogP contribution is -2.36. The number of ketones is 1. The Morgan fingerprint density at radius 3 is 2.36 bits per heavy atom. The molecule has 0 amide bonds. The summed E-state index contributed by atoms with van der Waals surface area (Å²) in [5.41, 5.74) is 3.50. The summed E-state index contributed by atoms with van der Waals surface area (Å²) in [5, 5.41) is 0. The summed E-state index contributed by atoms with van der Waals surface area (Å²) in [5.74, 6) is 1.79. The van der Waals surface area contributed by atoms with Crippen molar-refractivity contribution in [3.05, 3.63) is 36.3 Å². The summed E-state index contributed by atoms with van der Waals surface area (Å²) >= 11 is 0. The maximum Gasteiger partial charge on any atom is 0.136 e. The van der Waals surface area contributed by atoms with Gasteiger partial charge in [0, 0.05) is 50.2 Å². The Bertz CT molecular complexity index is 941. The number of hydrogen-bond acceptors (Lipinski definition) is 5. The van der Waals surface area contributed by atoms with Crippen LogP contribution in [0.2, 0.25) is 0 Å². The maximum absolute atomic E-state index is 12.8. The van der Waals surface area contributed by atoms with Crippen LogP contribution in [-0.2, 0) is 4.79 Å². The SMILES string of the molecule is O=C(CC[C@@H]1CCCN1P)C1CCN(c2ccc(-c3cnc([C@@H]4CCCN4P)[nH]3)cc2)CC1. The van der Waals surface area contributed by atoms with Crippen molar-refractivity contribution < 1.29 is 4.79 Å². The quantitative estimate of drug-likeness (QED) is 0.570. The molecule has 0 saturated carbocycles. The normalized spacial score (nSPS) is 25.2. The Kier molecular flexibility index (Phi) is 7.47. The van der Waals surface area contributed by atoms with Crippen molar-refractivity contribution >= 4 is 30.3 Å². The predicted molar refractivity (Wildman–Crippen MR) is 141 cm³/mol. The number of H-pyrrole nitrogens is 1. The van der Waals surface area contributed by atoms with Gasteiger partial charge < -0.3 is 9.88 Å². The van der Waals surface area contributed by atoms with Gasteiger partial charge in [0.05, 0.1) is 17.9 Å². The van der Waals surface area contributed by atoms with E-state index in [4.69, 9.17) is 0 Å². The van der Waals surface area contributed by atoms with Gasteiger partial charge in [0.2, 0.25) is 0 Å². The number of carbonyl (C=O) groups excluding carboxylic acids is 1. The van der Waals surface area contributed by atoms with Crippen LogP contribution in [0, 0.1) is 5.92 Å². The molecule has 178 valence electrons. The highest BCUT2D eigenvalue weighted by Crippen LogP contribution is 2.34. The van der Waals surface area contributed by atoms with Gasteiger partial charge in [-0.2, -0.15) is 0 Å². The number of benzene rings is 1. The third-order valence-electron chi connectivity index (χ3n) is 7.85. The lowest BCUT2D eigenvalue weighted by molar-refractivity contribution is -0.123. The first-order valence-corrected chi connectivity index (χ1v) is 13.6. The first-order valence-electron chi connectivity index (χ1n) is 12.5. The molecule has 0 radical (unpaired) electrons. The van der Waals surface area contributed by atoms with Crippen LogP contribution in [-0.4, -0.2) is 57.3 Å². The Morgan fingerprint density at radius 1 is 0.970 bits per heavy atom. The van der Waals surface area contributed by atoms with E-state index in [2.05, 4.69) is 67.3 Å². The molecule has 4 atom stereocenters. The molecule has 3 fully saturated rings. The van der Waals surface area contributed by atoms with Crippen LogP contribution >= 0.6 is 18.8 Å². The molecule has 2 aromatic rings. The van der Waals surface area contributed by atoms with Crippen molar-refractivity contribution in [1.82, 2.24) is 19.3 Å². The number of nitrogens with zero attached hydrogens (tertiary/aromatic N) is 4. The molecule has 33 heavy (non-hydrogen) atoms. The Morgan fingerprint density at radius 2 is 1.70 bits per heavy atom. The minimum atomic E-state index is 0.246. The Balaban J connectivity index is 1.13. The number of anilines is 1. The van der Waals surface area contributed by atoms with Gasteiger partial charge >= 0.3 is 0 Å². The maximum atomic E-state index is 12.8. The van der Waals surface area contributed by atoms with Crippen molar-refractivity contribution in [3.8, 4) is 11.3 Å².